The van der Waals surface area contributed by atoms with Gasteiger partial charge in [0.25, 0.3) is 0 Å². The summed E-state index contributed by atoms with van der Waals surface area (Å²) in [6, 6.07) is 4.96. The van der Waals surface area contributed by atoms with Gasteiger partial charge in [0, 0.05) is 23.1 Å². The van der Waals surface area contributed by atoms with Crippen molar-refractivity contribution in [2.45, 2.75) is 65.3 Å². The van der Waals surface area contributed by atoms with Crippen LogP contribution in [0.5, 0.6) is 0 Å². The molecule has 1 heterocycles. The van der Waals surface area contributed by atoms with Gasteiger partial charge in [-0.2, -0.15) is 0 Å². The van der Waals surface area contributed by atoms with Gasteiger partial charge in [0.1, 0.15) is 0 Å². The van der Waals surface area contributed by atoms with E-state index in [-0.39, 0.29) is 0 Å². The van der Waals surface area contributed by atoms with Crippen LogP contribution in [0.1, 0.15) is 56.8 Å². The minimum absolute atomic E-state index is 0.631. The Bertz CT molecular complexity index is 360. The first kappa shape index (κ1) is 13.4. The first-order chi connectivity index (χ1) is 8.69. The zero-order valence-electron chi connectivity index (χ0n) is 12.0. The lowest BCUT2D eigenvalue weighted by Gasteiger charge is -2.31. The van der Waals surface area contributed by atoms with Crippen molar-refractivity contribution >= 4 is 5.69 Å². The number of hydrogen-bond acceptors (Lipinski definition) is 2. The van der Waals surface area contributed by atoms with Gasteiger partial charge in [-0.3, -0.25) is 4.98 Å². The van der Waals surface area contributed by atoms with Gasteiger partial charge in [-0.15, -0.1) is 0 Å². The quantitative estimate of drug-likeness (QED) is 0.848. The fourth-order valence-corrected chi connectivity index (χ4v) is 3.22. The molecule has 1 saturated carbocycles. The molecule has 2 heteroatoms. The molecule has 1 unspecified atom stereocenters. The van der Waals surface area contributed by atoms with Crippen molar-refractivity contribution in [1.29, 1.82) is 0 Å². The van der Waals surface area contributed by atoms with Gasteiger partial charge in [-0.25, -0.2) is 0 Å². The fourth-order valence-electron chi connectivity index (χ4n) is 3.22. The summed E-state index contributed by atoms with van der Waals surface area (Å²) in [5.41, 5.74) is 3.46. The van der Waals surface area contributed by atoms with Crippen LogP contribution in [-0.2, 0) is 0 Å². The monoisotopic (exact) mass is 246 g/mol. The molecule has 1 aromatic rings. The Labute approximate surface area is 111 Å². The average molecular weight is 246 g/mol. The van der Waals surface area contributed by atoms with Crippen molar-refractivity contribution in [3.63, 3.8) is 0 Å². The largest absolute Gasteiger partial charge is 0.382 e. The summed E-state index contributed by atoms with van der Waals surface area (Å²) in [5, 5.41) is 3.74. The molecule has 1 aromatic heterocycles. The van der Waals surface area contributed by atoms with Crippen molar-refractivity contribution in [3.8, 4) is 0 Å². The van der Waals surface area contributed by atoms with Crippen molar-refractivity contribution in [3.05, 3.63) is 23.5 Å². The molecule has 2 rings (SSSR count). The number of hydrogen-bond donors (Lipinski definition) is 1. The number of nitrogens with zero attached hydrogens (tertiary/aromatic N) is 1. The molecule has 100 valence electrons. The van der Waals surface area contributed by atoms with E-state index in [4.69, 9.17) is 0 Å². The van der Waals surface area contributed by atoms with Gasteiger partial charge in [-0.05, 0) is 51.2 Å². The van der Waals surface area contributed by atoms with Crippen LogP contribution in [-0.4, -0.2) is 11.0 Å². The smallest absolute Gasteiger partial charge is 0.0396 e. The van der Waals surface area contributed by atoms with E-state index in [1.165, 1.54) is 44.2 Å². The summed E-state index contributed by atoms with van der Waals surface area (Å²) in [4.78, 5) is 4.44. The molecule has 2 nitrogen and oxygen atoms in total. The number of pyridine rings is 1. The van der Waals surface area contributed by atoms with E-state index in [1.807, 2.05) is 0 Å². The molecule has 0 spiro atoms. The topological polar surface area (TPSA) is 24.9 Å². The van der Waals surface area contributed by atoms with Crippen LogP contribution in [0, 0.1) is 19.8 Å². The van der Waals surface area contributed by atoms with Crippen LogP contribution in [0.25, 0.3) is 0 Å². The molecule has 1 aliphatic carbocycles. The lowest BCUT2D eigenvalue weighted by atomic mass is 9.83. The Hall–Kier alpha value is -1.05. The van der Waals surface area contributed by atoms with E-state index in [9.17, 15) is 0 Å². The molecule has 1 fully saturated rings. The third-order valence-corrected chi connectivity index (χ3v) is 4.09. The lowest BCUT2D eigenvalue weighted by Crippen LogP contribution is -2.30. The van der Waals surface area contributed by atoms with Gasteiger partial charge in [0.2, 0.25) is 0 Å². The van der Waals surface area contributed by atoms with Crippen LogP contribution in [0.2, 0.25) is 0 Å². The Balaban J connectivity index is 2.04. The van der Waals surface area contributed by atoms with Gasteiger partial charge >= 0.3 is 0 Å². The molecule has 1 N–H and O–H groups in total. The lowest BCUT2D eigenvalue weighted by molar-refractivity contribution is 0.313. The zero-order valence-corrected chi connectivity index (χ0v) is 12.0. The van der Waals surface area contributed by atoms with Crippen LogP contribution in [0.15, 0.2) is 12.1 Å². The second kappa shape index (κ2) is 6.21. The zero-order chi connectivity index (χ0) is 13.0. The standard InChI is InChI=1S/C16H26N2/c1-4-16(14-8-6-5-7-9-14)18-15-10-12(2)17-13(3)11-15/h10-11,14,16H,4-9H2,1-3H3,(H,17,18). The van der Waals surface area contributed by atoms with E-state index in [2.05, 4.69) is 43.2 Å². The summed E-state index contributed by atoms with van der Waals surface area (Å²) in [7, 11) is 0. The Kier molecular flexibility index (Phi) is 4.62. The molecule has 0 amide bonds. The highest BCUT2D eigenvalue weighted by Gasteiger charge is 2.22. The maximum Gasteiger partial charge on any atom is 0.0396 e. The molecule has 0 aromatic carbocycles. The minimum atomic E-state index is 0.631. The van der Waals surface area contributed by atoms with Crippen molar-refractivity contribution in [1.82, 2.24) is 4.98 Å². The van der Waals surface area contributed by atoms with Crippen molar-refractivity contribution in [2.75, 3.05) is 5.32 Å². The van der Waals surface area contributed by atoms with Crippen LogP contribution in [0.3, 0.4) is 0 Å². The normalized spacial score (nSPS) is 18.6. The summed E-state index contributed by atoms with van der Waals surface area (Å²) >= 11 is 0. The highest BCUT2D eigenvalue weighted by Crippen LogP contribution is 2.29. The highest BCUT2D eigenvalue weighted by molar-refractivity contribution is 5.46. The predicted molar refractivity (Wildman–Crippen MR) is 78.0 cm³/mol. The highest BCUT2D eigenvalue weighted by atomic mass is 14.9. The second-order valence-electron chi connectivity index (χ2n) is 5.70. The minimum Gasteiger partial charge on any atom is -0.382 e. The Morgan fingerprint density at radius 3 is 2.33 bits per heavy atom. The number of aromatic nitrogens is 1. The molecule has 1 atom stereocenters. The number of anilines is 1. The molecule has 0 aliphatic heterocycles. The summed E-state index contributed by atoms with van der Waals surface area (Å²) in [6.45, 7) is 6.44. The van der Waals surface area contributed by atoms with Gasteiger partial charge in [0.05, 0.1) is 0 Å². The molecular formula is C16H26N2. The fraction of sp³-hybridized carbons (Fsp3) is 0.688. The Morgan fingerprint density at radius 1 is 1.17 bits per heavy atom. The SMILES string of the molecule is CCC(Nc1cc(C)nc(C)c1)C1CCCCC1. The maximum atomic E-state index is 4.44. The molecule has 18 heavy (non-hydrogen) atoms. The van der Waals surface area contributed by atoms with E-state index in [0.717, 1.165) is 17.3 Å². The number of rotatable bonds is 4. The molecule has 0 radical (unpaired) electrons. The maximum absolute atomic E-state index is 4.44. The third-order valence-electron chi connectivity index (χ3n) is 4.09. The summed E-state index contributed by atoms with van der Waals surface area (Å²) < 4.78 is 0. The van der Waals surface area contributed by atoms with Gasteiger partial charge in [-0.1, -0.05) is 26.2 Å². The molecule has 0 bridgehead atoms. The van der Waals surface area contributed by atoms with E-state index in [1.54, 1.807) is 0 Å². The predicted octanol–water partition coefficient (Wildman–Crippen LogP) is 4.47. The van der Waals surface area contributed by atoms with Crippen LogP contribution in [0.4, 0.5) is 5.69 Å². The average Bonchev–Trinajstić information content (AvgIpc) is 2.36. The van der Waals surface area contributed by atoms with Crippen LogP contribution < -0.4 is 5.32 Å². The first-order valence-corrected chi connectivity index (χ1v) is 7.41. The van der Waals surface area contributed by atoms with Crippen molar-refractivity contribution in [2.24, 2.45) is 5.92 Å². The molecular weight excluding hydrogens is 220 g/mol. The summed E-state index contributed by atoms with van der Waals surface area (Å²) in [6.07, 6.45) is 8.27. The Morgan fingerprint density at radius 2 is 1.78 bits per heavy atom. The van der Waals surface area contributed by atoms with E-state index >= 15 is 0 Å². The van der Waals surface area contributed by atoms with Crippen molar-refractivity contribution < 1.29 is 0 Å². The van der Waals surface area contributed by atoms with Crippen LogP contribution >= 0.6 is 0 Å². The molecule has 0 saturated heterocycles. The van der Waals surface area contributed by atoms with Gasteiger partial charge in [0.15, 0.2) is 0 Å². The second-order valence-corrected chi connectivity index (χ2v) is 5.70. The summed E-state index contributed by atoms with van der Waals surface area (Å²) in [5.74, 6) is 0.859. The first-order valence-electron chi connectivity index (χ1n) is 7.41. The number of aryl methyl sites for hydroxylation is 2. The third kappa shape index (κ3) is 3.47. The van der Waals surface area contributed by atoms with Gasteiger partial charge < -0.3 is 5.32 Å². The van der Waals surface area contributed by atoms with E-state index in [0.29, 0.717) is 6.04 Å². The van der Waals surface area contributed by atoms with E-state index < -0.39 is 0 Å². The molecule has 1 aliphatic rings. The number of nitrogens with one attached hydrogen (secondary N) is 1.